The van der Waals surface area contributed by atoms with Crippen LogP contribution in [-0.4, -0.2) is 5.91 Å². The molecule has 1 heterocycles. The summed E-state index contributed by atoms with van der Waals surface area (Å²) in [7, 11) is 0. The van der Waals surface area contributed by atoms with Crippen molar-refractivity contribution in [2.75, 3.05) is 4.90 Å². The number of rotatable bonds is 1. The number of nitrogens with zero attached hydrogens (tertiary/aromatic N) is 2. The first-order chi connectivity index (χ1) is 8.79. The zero-order valence-electron chi connectivity index (χ0n) is 9.63. The summed E-state index contributed by atoms with van der Waals surface area (Å²) in [5.74, 6) is 0.0234. The van der Waals surface area contributed by atoms with Crippen LogP contribution >= 0.6 is 0 Å². The van der Waals surface area contributed by atoms with Gasteiger partial charge in [0.2, 0.25) is 0 Å². The first-order valence-corrected chi connectivity index (χ1v) is 5.69. The van der Waals surface area contributed by atoms with E-state index in [9.17, 15) is 4.79 Å². The average Bonchev–Trinajstić information content (AvgIpc) is 2.77. The number of nitriles is 1. The van der Waals surface area contributed by atoms with Crippen molar-refractivity contribution in [1.29, 1.82) is 5.26 Å². The van der Waals surface area contributed by atoms with Crippen LogP contribution < -0.4 is 4.90 Å². The molecule has 18 heavy (non-hydrogen) atoms. The Morgan fingerprint density at radius 2 is 1.78 bits per heavy atom. The van der Waals surface area contributed by atoms with Crippen molar-refractivity contribution in [2.24, 2.45) is 0 Å². The summed E-state index contributed by atoms with van der Waals surface area (Å²) in [6.45, 7) is 0.598. The molecule has 1 aliphatic rings. The lowest BCUT2D eigenvalue weighted by molar-refractivity contribution is 0.0996. The lowest BCUT2D eigenvalue weighted by Gasteiger charge is -2.15. The molecule has 0 unspecified atom stereocenters. The van der Waals surface area contributed by atoms with Crippen LogP contribution in [0.2, 0.25) is 0 Å². The second-order valence-corrected chi connectivity index (χ2v) is 4.21. The molecule has 3 rings (SSSR count). The van der Waals surface area contributed by atoms with Gasteiger partial charge in [0.05, 0.1) is 18.2 Å². The Balaban J connectivity index is 1.96. The Kier molecular flexibility index (Phi) is 2.35. The highest BCUT2D eigenvalue weighted by atomic mass is 16.2. The maximum Gasteiger partial charge on any atom is 0.258 e. The number of benzene rings is 2. The molecular formula is C15H10N2O. The molecule has 0 aromatic heterocycles. The summed E-state index contributed by atoms with van der Waals surface area (Å²) < 4.78 is 0. The molecular weight excluding hydrogens is 224 g/mol. The van der Waals surface area contributed by atoms with Crippen molar-refractivity contribution >= 4 is 11.6 Å². The fourth-order valence-corrected chi connectivity index (χ4v) is 2.18. The van der Waals surface area contributed by atoms with Crippen molar-refractivity contribution < 1.29 is 4.79 Å². The van der Waals surface area contributed by atoms with Crippen molar-refractivity contribution in [1.82, 2.24) is 0 Å². The zero-order valence-corrected chi connectivity index (χ0v) is 9.63. The molecule has 0 radical (unpaired) electrons. The van der Waals surface area contributed by atoms with Crippen LogP contribution in [-0.2, 0) is 6.54 Å². The first kappa shape index (κ1) is 10.5. The number of carbonyl (C=O) groups excluding carboxylic acids is 1. The van der Waals surface area contributed by atoms with Crippen LogP contribution in [0.1, 0.15) is 21.5 Å². The number of anilines is 1. The molecule has 0 spiro atoms. The lowest BCUT2D eigenvalue weighted by Crippen LogP contribution is -2.22. The molecule has 2 aromatic carbocycles. The molecule has 0 fully saturated rings. The minimum Gasteiger partial charge on any atom is -0.304 e. The fourth-order valence-electron chi connectivity index (χ4n) is 2.18. The fraction of sp³-hybridized carbons (Fsp3) is 0.0667. The van der Waals surface area contributed by atoms with E-state index >= 15 is 0 Å². The van der Waals surface area contributed by atoms with Crippen molar-refractivity contribution in [3.8, 4) is 6.07 Å². The van der Waals surface area contributed by atoms with Crippen molar-refractivity contribution in [3.63, 3.8) is 0 Å². The van der Waals surface area contributed by atoms with E-state index in [0.29, 0.717) is 12.1 Å². The molecule has 1 amide bonds. The highest BCUT2D eigenvalue weighted by Crippen LogP contribution is 2.27. The third-order valence-electron chi connectivity index (χ3n) is 3.13. The van der Waals surface area contributed by atoms with E-state index in [-0.39, 0.29) is 5.91 Å². The molecule has 2 aromatic rings. The smallest absolute Gasteiger partial charge is 0.258 e. The second-order valence-electron chi connectivity index (χ2n) is 4.21. The van der Waals surface area contributed by atoms with Crippen LogP contribution in [0.4, 0.5) is 5.69 Å². The molecule has 3 heteroatoms. The molecule has 0 N–H and O–H groups in total. The maximum absolute atomic E-state index is 12.2. The molecule has 0 saturated carbocycles. The van der Waals surface area contributed by atoms with Gasteiger partial charge in [-0.25, -0.2) is 0 Å². The predicted molar refractivity (Wildman–Crippen MR) is 68.1 cm³/mol. The van der Waals surface area contributed by atoms with E-state index < -0.39 is 0 Å². The predicted octanol–water partition coefficient (Wildman–Crippen LogP) is 2.72. The molecule has 3 nitrogen and oxygen atoms in total. The number of fused-ring (bicyclic) bond motifs is 1. The van der Waals surface area contributed by atoms with E-state index in [1.165, 1.54) is 0 Å². The van der Waals surface area contributed by atoms with Gasteiger partial charge in [0.15, 0.2) is 0 Å². The number of amides is 1. The average molecular weight is 234 g/mol. The third kappa shape index (κ3) is 1.56. The second kappa shape index (κ2) is 4.01. The molecule has 86 valence electrons. The molecule has 1 aliphatic heterocycles. The quantitative estimate of drug-likeness (QED) is 0.761. The van der Waals surface area contributed by atoms with Gasteiger partial charge in [0.25, 0.3) is 5.91 Å². The van der Waals surface area contributed by atoms with Gasteiger partial charge < -0.3 is 4.90 Å². The Labute approximate surface area is 105 Å². The van der Waals surface area contributed by atoms with Gasteiger partial charge in [-0.05, 0) is 35.9 Å². The SMILES string of the molecule is N#Cc1ccc(N2Cc3ccccc3C2=O)cc1. The normalized spacial score (nSPS) is 13.3. The Hall–Kier alpha value is -2.60. The summed E-state index contributed by atoms with van der Waals surface area (Å²) >= 11 is 0. The number of hydrogen-bond acceptors (Lipinski definition) is 2. The van der Waals surface area contributed by atoms with Crippen LogP contribution in [0.15, 0.2) is 48.5 Å². The van der Waals surface area contributed by atoms with Crippen LogP contribution in [0, 0.1) is 11.3 Å². The van der Waals surface area contributed by atoms with Gasteiger partial charge in [0, 0.05) is 11.3 Å². The van der Waals surface area contributed by atoms with Gasteiger partial charge in [-0.3, -0.25) is 4.79 Å². The summed E-state index contributed by atoms with van der Waals surface area (Å²) in [5.41, 5.74) is 3.24. The Morgan fingerprint density at radius 1 is 1.06 bits per heavy atom. The highest BCUT2D eigenvalue weighted by molar-refractivity contribution is 6.09. The van der Waals surface area contributed by atoms with Gasteiger partial charge >= 0.3 is 0 Å². The van der Waals surface area contributed by atoms with E-state index in [1.54, 1.807) is 17.0 Å². The lowest BCUT2D eigenvalue weighted by atomic mass is 10.1. The van der Waals surface area contributed by atoms with Crippen LogP contribution in [0.3, 0.4) is 0 Å². The third-order valence-corrected chi connectivity index (χ3v) is 3.13. The highest BCUT2D eigenvalue weighted by Gasteiger charge is 2.27. The standard InChI is InChI=1S/C15H10N2O/c16-9-11-5-7-13(8-6-11)17-10-12-3-1-2-4-14(12)15(17)18/h1-8H,10H2. The zero-order chi connectivity index (χ0) is 12.5. The summed E-state index contributed by atoms with van der Waals surface area (Å²) in [6.07, 6.45) is 0. The minimum atomic E-state index is 0.0234. The molecule has 0 aliphatic carbocycles. The van der Waals surface area contributed by atoms with E-state index in [0.717, 1.165) is 16.8 Å². The van der Waals surface area contributed by atoms with E-state index in [1.807, 2.05) is 36.4 Å². The van der Waals surface area contributed by atoms with E-state index in [2.05, 4.69) is 6.07 Å². The largest absolute Gasteiger partial charge is 0.304 e. The van der Waals surface area contributed by atoms with Gasteiger partial charge in [-0.1, -0.05) is 18.2 Å². The van der Waals surface area contributed by atoms with Gasteiger partial charge in [0.1, 0.15) is 0 Å². The van der Waals surface area contributed by atoms with Crippen molar-refractivity contribution in [3.05, 3.63) is 65.2 Å². The van der Waals surface area contributed by atoms with Gasteiger partial charge in [-0.2, -0.15) is 5.26 Å². The first-order valence-electron chi connectivity index (χ1n) is 5.69. The van der Waals surface area contributed by atoms with Crippen LogP contribution in [0.5, 0.6) is 0 Å². The van der Waals surface area contributed by atoms with E-state index in [4.69, 9.17) is 5.26 Å². The number of hydrogen-bond donors (Lipinski definition) is 0. The maximum atomic E-state index is 12.2. The minimum absolute atomic E-state index is 0.0234. The Bertz CT molecular complexity index is 653. The Morgan fingerprint density at radius 3 is 2.44 bits per heavy atom. The van der Waals surface area contributed by atoms with Crippen LogP contribution in [0.25, 0.3) is 0 Å². The summed E-state index contributed by atoms with van der Waals surface area (Å²) in [5, 5.41) is 8.76. The monoisotopic (exact) mass is 234 g/mol. The van der Waals surface area contributed by atoms with Gasteiger partial charge in [-0.15, -0.1) is 0 Å². The number of carbonyl (C=O) groups is 1. The topological polar surface area (TPSA) is 44.1 Å². The molecule has 0 atom stereocenters. The summed E-state index contributed by atoms with van der Waals surface area (Å²) in [6, 6.07) is 16.8. The van der Waals surface area contributed by atoms with Crippen molar-refractivity contribution in [2.45, 2.75) is 6.54 Å². The molecule has 0 bridgehead atoms. The molecule has 0 saturated heterocycles. The summed E-state index contributed by atoms with van der Waals surface area (Å²) in [4.78, 5) is 13.9.